The highest BCUT2D eigenvalue weighted by atomic mass is 16.7. The van der Waals surface area contributed by atoms with Gasteiger partial charge in [0, 0.05) is 12.8 Å². The minimum Gasteiger partial charge on any atom is -0.428 e. The topological polar surface area (TPSA) is 123 Å². The molecule has 8 nitrogen and oxygen atoms in total. The molecule has 1 unspecified atom stereocenters. The third-order valence-corrected chi connectivity index (χ3v) is 9.97. The fourth-order valence-corrected chi connectivity index (χ4v) is 7.60. The molecule has 3 saturated carbocycles. The number of ether oxygens (including phenoxy) is 3. The van der Waals surface area contributed by atoms with E-state index in [2.05, 4.69) is 38.3 Å². The van der Waals surface area contributed by atoms with Gasteiger partial charge in [-0.1, -0.05) is 62.3 Å². The summed E-state index contributed by atoms with van der Waals surface area (Å²) in [5.41, 5.74) is 2.30. The van der Waals surface area contributed by atoms with E-state index in [1.54, 1.807) is 44.2 Å². The number of rotatable bonds is 10. The van der Waals surface area contributed by atoms with Gasteiger partial charge >= 0.3 is 11.9 Å². The number of aliphatic hydroxyl groups excluding tert-OH is 2. The molecule has 0 radical (unpaired) electrons. The first-order chi connectivity index (χ1) is 21.8. The summed E-state index contributed by atoms with van der Waals surface area (Å²) in [7, 11) is 0. The normalized spacial score (nSPS) is 30.3. The van der Waals surface area contributed by atoms with Crippen LogP contribution in [0.4, 0.5) is 0 Å². The van der Waals surface area contributed by atoms with Crippen LogP contribution in [0.3, 0.4) is 0 Å². The van der Waals surface area contributed by atoms with Crippen LogP contribution in [0.5, 0.6) is 0 Å². The number of fused-ring (bicyclic) bond motifs is 1. The largest absolute Gasteiger partial charge is 0.428 e. The minimum atomic E-state index is -1.12. The third kappa shape index (κ3) is 8.98. The molecule has 7 atom stereocenters. The molecule has 3 aliphatic rings. The first-order valence-corrected chi connectivity index (χ1v) is 16.5. The van der Waals surface area contributed by atoms with Gasteiger partial charge in [0.2, 0.25) is 6.79 Å². The van der Waals surface area contributed by atoms with Crippen molar-refractivity contribution < 1.29 is 39.1 Å². The molecule has 0 spiro atoms. The highest BCUT2D eigenvalue weighted by Gasteiger charge is 2.50. The predicted molar refractivity (Wildman–Crippen MR) is 175 cm³/mol. The lowest BCUT2D eigenvalue weighted by Crippen LogP contribution is -2.45. The maximum atomic E-state index is 12.1. The van der Waals surface area contributed by atoms with Crippen LogP contribution >= 0.6 is 0 Å². The zero-order valence-electron chi connectivity index (χ0n) is 27.7. The van der Waals surface area contributed by atoms with Gasteiger partial charge in [0.1, 0.15) is 17.8 Å². The van der Waals surface area contributed by atoms with Crippen molar-refractivity contribution in [1.29, 1.82) is 0 Å². The number of carbonyl (C=O) groups is 2. The number of allylic oxidation sites excluding steroid dienone is 3. The minimum absolute atomic E-state index is 0.0795. The second-order valence-corrected chi connectivity index (χ2v) is 13.8. The van der Waals surface area contributed by atoms with Gasteiger partial charge in [0.05, 0.1) is 24.7 Å². The Morgan fingerprint density at radius 3 is 2.61 bits per heavy atom. The van der Waals surface area contributed by atoms with Crippen LogP contribution in [0.15, 0.2) is 65.8 Å². The summed E-state index contributed by atoms with van der Waals surface area (Å²) in [6.07, 6.45) is 7.77. The molecule has 0 amide bonds. The molecular formula is C38H50O8. The van der Waals surface area contributed by atoms with E-state index in [4.69, 9.17) is 14.2 Å². The molecule has 4 rings (SSSR count). The van der Waals surface area contributed by atoms with E-state index in [1.807, 2.05) is 6.08 Å². The Kier molecular flexibility index (Phi) is 12.1. The molecule has 46 heavy (non-hydrogen) atoms. The Bertz CT molecular complexity index is 1360. The molecule has 1 aromatic carbocycles. The summed E-state index contributed by atoms with van der Waals surface area (Å²) >= 11 is 0. The van der Waals surface area contributed by atoms with Crippen molar-refractivity contribution >= 4 is 11.9 Å². The molecule has 0 bridgehead atoms. The van der Waals surface area contributed by atoms with Gasteiger partial charge in [-0.15, -0.1) is 5.92 Å². The zero-order valence-corrected chi connectivity index (χ0v) is 27.7. The van der Waals surface area contributed by atoms with Crippen molar-refractivity contribution in [1.82, 2.24) is 0 Å². The highest BCUT2D eigenvalue weighted by Crippen LogP contribution is 2.59. The van der Waals surface area contributed by atoms with Gasteiger partial charge in [-0.25, -0.2) is 4.79 Å². The molecule has 1 aromatic rings. The smallest absolute Gasteiger partial charge is 0.340 e. The van der Waals surface area contributed by atoms with E-state index >= 15 is 0 Å². The molecule has 0 heterocycles. The molecule has 8 heteroatoms. The summed E-state index contributed by atoms with van der Waals surface area (Å²) in [5.74, 6) is 6.45. The van der Waals surface area contributed by atoms with Crippen LogP contribution in [-0.2, 0) is 19.0 Å². The first-order valence-electron chi connectivity index (χ1n) is 16.5. The van der Waals surface area contributed by atoms with Crippen LogP contribution in [-0.4, -0.2) is 64.6 Å². The van der Waals surface area contributed by atoms with Crippen LogP contribution in [0.25, 0.3) is 0 Å². The van der Waals surface area contributed by atoms with Gasteiger partial charge in [-0.2, -0.15) is 0 Å². The SMILES string of the molecule is C=C1/C(=C\C=C2/CCC[C@@]3(C)C2CC[C@@H]3[C@H](C)CC#CC(C)(C)O)C[C@@H](O)[C@H](OCCC(=O)OCOC(=O)c2ccccc2)[C@@H]1O. The summed E-state index contributed by atoms with van der Waals surface area (Å²) < 4.78 is 15.6. The Balaban J connectivity index is 1.28. The van der Waals surface area contributed by atoms with Crippen LogP contribution in [0.1, 0.15) is 89.4 Å². The Morgan fingerprint density at radius 2 is 1.89 bits per heavy atom. The Morgan fingerprint density at radius 1 is 1.15 bits per heavy atom. The van der Waals surface area contributed by atoms with Crippen molar-refractivity contribution in [3.05, 3.63) is 71.3 Å². The second-order valence-electron chi connectivity index (χ2n) is 13.8. The first kappa shape index (κ1) is 35.6. The van der Waals surface area contributed by atoms with Crippen molar-refractivity contribution in [3.63, 3.8) is 0 Å². The van der Waals surface area contributed by atoms with Gasteiger partial charge < -0.3 is 29.5 Å². The standard InChI is InChI=1S/C38H50O8/c1-25(11-9-20-37(3,4)43)30-17-18-31-27(14-10-21-38(30,31)5)15-16-29-23-32(39)35(34(41)26(29)2)44-22-19-33(40)45-24-46-36(42)28-12-7-6-8-13-28/h6-8,12-13,15-16,25,30-32,34-35,39,41,43H,2,10-11,14,17-19,21-24H2,1,3-5H3/b27-15+,29-16-/t25-,30-,31?,32-,34-,35+,38-/m1/s1. The van der Waals surface area contributed by atoms with Gasteiger partial charge in [-0.3, -0.25) is 4.79 Å². The maximum Gasteiger partial charge on any atom is 0.340 e. The molecule has 250 valence electrons. The Labute approximate surface area is 273 Å². The number of esters is 2. The van der Waals surface area contributed by atoms with Crippen LogP contribution in [0.2, 0.25) is 0 Å². The molecule has 0 aromatic heterocycles. The lowest BCUT2D eigenvalue weighted by atomic mass is 9.61. The molecule has 3 N–H and O–H groups in total. The summed E-state index contributed by atoms with van der Waals surface area (Å²) in [6, 6.07) is 8.39. The van der Waals surface area contributed by atoms with Gasteiger partial charge in [-0.05, 0) is 92.4 Å². The quantitative estimate of drug-likeness (QED) is 0.171. The number of benzene rings is 1. The van der Waals surface area contributed by atoms with E-state index in [0.717, 1.165) is 37.7 Å². The fourth-order valence-electron chi connectivity index (χ4n) is 7.60. The molecule has 0 aliphatic heterocycles. The summed E-state index contributed by atoms with van der Waals surface area (Å²) in [4.78, 5) is 24.0. The van der Waals surface area contributed by atoms with Crippen molar-refractivity contribution in [2.75, 3.05) is 13.4 Å². The molecular weight excluding hydrogens is 584 g/mol. The number of aliphatic hydroxyl groups is 3. The lowest BCUT2D eigenvalue weighted by molar-refractivity contribution is -0.156. The monoisotopic (exact) mass is 634 g/mol. The highest BCUT2D eigenvalue weighted by molar-refractivity contribution is 5.89. The van der Waals surface area contributed by atoms with Gasteiger partial charge in [0.15, 0.2) is 0 Å². The van der Waals surface area contributed by atoms with Crippen molar-refractivity contribution in [3.8, 4) is 11.8 Å². The van der Waals surface area contributed by atoms with Crippen molar-refractivity contribution in [2.24, 2.45) is 23.2 Å². The van der Waals surface area contributed by atoms with Crippen LogP contribution < -0.4 is 0 Å². The summed E-state index contributed by atoms with van der Waals surface area (Å²) in [5, 5.41) is 31.8. The second kappa shape index (κ2) is 15.6. The number of hydrogen-bond acceptors (Lipinski definition) is 8. The average molecular weight is 635 g/mol. The summed E-state index contributed by atoms with van der Waals surface area (Å²) in [6.45, 7) is 11.7. The van der Waals surface area contributed by atoms with E-state index in [1.165, 1.54) is 12.0 Å². The Hall–Kier alpha value is -3.22. The third-order valence-electron chi connectivity index (χ3n) is 9.97. The van der Waals surface area contributed by atoms with Crippen molar-refractivity contribution in [2.45, 2.75) is 103 Å². The predicted octanol–water partition coefficient (Wildman–Crippen LogP) is 5.67. The number of carbonyl (C=O) groups excluding carboxylic acids is 2. The molecule has 3 fully saturated rings. The number of hydrogen-bond donors (Lipinski definition) is 3. The van der Waals surface area contributed by atoms with E-state index in [-0.39, 0.29) is 24.9 Å². The van der Waals surface area contributed by atoms with E-state index in [9.17, 15) is 24.9 Å². The lowest BCUT2D eigenvalue weighted by Gasteiger charge is -2.44. The van der Waals surface area contributed by atoms with E-state index in [0.29, 0.717) is 28.9 Å². The average Bonchev–Trinajstić information content (AvgIpc) is 3.37. The molecule has 3 aliphatic carbocycles. The zero-order chi connectivity index (χ0) is 33.5. The molecule has 0 saturated heterocycles. The van der Waals surface area contributed by atoms with Crippen LogP contribution in [0, 0.1) is 35.0 Å². The fraction of sp³-hybridized carbons (Fsp3) is 0.579. The van der Waals surface area contributed by atoms with E-state index < -0.39 is 42.6 Å². The van der Waals surface area contributed by atoms with Gasteiger partial charge in [0.25, 0.3) is 0 Å². The maximum absolute atomic E-state index is 12.1.